The summed E-state index contributed by atoms with van der Waals surface area (Å²) >= 11 is 6.05. The van der Waals surface area contributed by atoms with Crippen molar-refractivity contribution in [2.45, 2.75) is 18.9 Å². The van der Waals surface area contributed by atoms with Gasteiger partial charge in [0.2, 0.25) is 0 Å². The van der Waals surface area contributed by atoms with E-state index in [0.717, 1.165) is 38.6 Å². The minimum Gasteiger partial charge on any atom is -0.496 e. The van der Waals surface area contributed by atoms with Gasteiger partial charge in [0.15, 0.2) is 0 Å². The third-order valence-electron chi connectivity index (χ3n) is 5.25. The van der Waals surface area contributed by atoms with Gasteiger partial charge in [-0.25, -0.2) is 0 Å². The van der Waals surface area contributed by atoms with Crippen LogP contribution >= 0.6 is 24.0 Å². The molecule has 2 fully saturated rings. The molecule has 28 heavy (non-hydrogen) atoms. The highest BCUT2D eigenvalue weighted by Gasteiger charge is 2.25. The van der Waals surface area contributed by atoms with E-state index in [4.69, 9.17) is 26.8 Å². The number of nitrogens with zero attached hydrogens (tertiary/aromatic N) is 1. The summed E-state index contributed by atoms with van der Waals surface area (Å²) in [5, 5.41) is 6.68. The zero-order valence-electron chi connectivity index (χ0n) is 16.2. The molecule has 9 heteroatoms. The fourth-order valence-corrected chi connectivity index (χ4v) is 3.88. The number of ether oxygens (including phenoxy) is 2. The van der Waals surface area contributed by atoms with E-state index < -0.39 is 0 Å². The van der Waals surface area contributed by atoms with Gasteiger partial charge < -0.3 is 25.8 Å². The van der Waals surface area contributed by atoms with Gasteiger partial charge in [0, 0.05) is 32.2 Å². The molecule has 0 spiro atoms. The van der Waals surface area contributed by atoms with Crippen molar-refractivity contribution in [3.63, 3.8) is 0 Å². The summed E-state index contributed by atoms with van der Waals surface area (Å²) < 4.78 is 11.1. The van der Waals surface area contributed by atoms with Gasteiger partial charge in [-0.3, -0.25) is 9.69 Å². The van der Waals surface area contributed by atoms with Gasteiger partial charge in [-0.1, -0.05) is 11.6 Å². The SMILES string of the molecule is COc1cc(N)c(Cl)cc1C(=O)NC[C@H]1CN(CC2CCNCC2)CCO1.Cl. The number of nitrogens with two attached hydrogens (primary N) is 1. The lowest BCUT2D eigenvalue weighted by molar-refractivity contribution is -0.0320. The molecule has 2 aliphatic rings. The highest BCUT2D eigenvalue weighted by molar-refractivity contribution is 6.33. The first kappa shape index (κ1) is 23.0. The smallest absolute Gasteiger partial charge is 0.255 e. The topological polar surface area (TPSA) is 88.8 Å². The zero-order valence-corrected chi connectivity index (χ0v) is 17.8. The molecule has 0 bridgehead atoms. The Morgan fingerprint density at radius 3 is 2.89 bits per heavy atom. The minimum absolute atomic E-state index is 0. The van der Waals surface area contributed by atoms with Crippen LogP contribution in [0.4, 0.5) is 5.69 Å². The summed E-state index contributed by atoms with van der Waals surface area (Å²) in [6.07, 6.45) is 2.45. The second-order valence-electron chi connectivity index (χ2n) is 7.23. The van der Waals surface area contributed by atoms with Crippen LogP contribution in [-0.2, 0) is 4.74 Å². The van der Waals surface area contributed by atoms with E-state index in [1.54, 1.807) is 6.07 Å². The summed E-state index contributed by atoms with van der Waals surface area (Å²) in [6.45, 7) is 6.27. The van der Waals surface area contributed by atoms with Crippen molar-refractivity contribution in [2.75, 3.05) is 58.7 Å². The van der Waals surface area contributed by atoms with Gasteiger partial charge in [-0.2, -0.15) is 0 Å². The number of morpholine rings is 1. The largest absolute Gasteiger partial charge is 0.496 e. The second kappa shape index (κ2) is 11.1. The molecule has 2 heterocycles. The van der Waals surface area contributed by atoms with E-state index >= 15 is 0 Å². The first-order chi connectivity index (χ1) is 13.1. The Morgan fingerprint density at radius 1 is 1.43 bits per heavy atom. The van der Waals surface area contributed by atoms with Crippen molar-refractivity contribution in [1.82, 2.24) is 15.5 Å². The summed E-state index contributed by atoms with van der Waals surface area (Å²) in [6, 6.07) is 3.10. The molecule has 0 saturated carbocycles. The maximum Gasteiger partial charge on any atom is 0.255 e. The van der Waals surface area contributed by atoms with Gasteiger partial charge in [-0.15, -0.1) is 12.4 Å². The molecule has 1 aromatic rings. The number of nitrogens with one attached hydrogen (secondary N) is 2. The third kappa shape index (κ3) is 6.12. The van der Waals surface area contributed by atoms with Crippen molar-refractivity contribution in [3.05, 3.63) is 22.7 Å². The molecular weight excluding hydrogens is 403 g/mol. The average Bonchev–Trinajstić information content (AvgIpc) is 2.69. The number of halogens is 2. The number of benzene rings is 1. The van der Waals surface area contributed by atoms with E-state index in [9.17, 15) is 4.79 Å². The second-order valence-corrected chi connectivity index (χ2v) is 7.64. The van der Waals surface area contributed by atoms with Gasteiger partial charge in [0.1, 0.15) is 5.75 Å². The highest BCUT2D eigenvalue weighted by atomic mass is 35.5. The van der Waals surface area contributed by atoms with E-state index in [0.29, 0.717) is 35.2 Å². The summed E-state index contributed by atoms with van der Waals surface area (Å²) in [5.74, 6) is 0.917. The Kier molecular flexibility index (Phi) is 9.11. The van der Waals surface area contributed by atoms with Gasteiger partial charge in [0.25, 0.3) is 5.91 Å². The normalized spacial score (nSPS) is 21.0. The van der Waals surface area contributed by atoms with Crippen LogP contribution in [0.1, 0.15) is 23.2 Å². The molecule has 3 rings (SSSR count). The molecule has 1 aromatic carbocycles. The van der Waals surface area contributed by atoms with E-state index in [1.165, 1.54) is 26.0 Å². The molecule has 0 unspecified atom stereocenters. The maximum absolute atomic E-state index is 12.6. The van der Waals surface area contributed by atoms with Crippen LogP contribution < -0.4 is 21.1 Å². The fourth-order valence-electron chi connectivity index (χ4n) is 3.72. The molecule has 158 valence electrons. The number of carbonyl (C=O) groups is 1. The van der Waals surface area contributed by atoms with Crippen molar-refractivity contribution in [2.24, 2.45) is 5.92 Å². The molecule has 0 aromatic heterocycles. The van der Waals surface area contributed by atoms with Crippen molar-refractivity contribution in [1.29, 1.82) is 0 Å². The van der Waals surface area contributed by atoms with Crippen LogP contribution in [0.2, 0.25) is 5.02 Å². The third-order valence-corrected chi connectivity index (χ3v) is 5.58. The van der Waals surface area contributed by atoms with Crippen LogP contribution in [0.5, 0.6) is 5.75 Å². The first-order valence-electron chi connectivity index (χ1n) is 9.52. The van der Waals surface area contributed by atoms with E-state index in [2.05, 4.69) is 15.5 Å². The van der Waals surface area contributed by atoms with Crippen molar-refractivity contribution < 1.29 is 14.3 Å². The highest BCUT2D eigenvalue weighted by Crippen LogP contribution is 2.28. The average molecular weight is 433 g/mol. The summed E-state index contributed by atoms with van der Waals surface area (Å²) in [5.41, 5.74) is 6.53. The molecule has 1 atom stereocenters. The quantitative estimate of drug-likeness (QED) is 0.593. The van der Waals surface area contributed by atoms with Crippen LogP contribution in [-0.4, -0.2) is 69.9 Å². The molecule has 0 aliphatic carbocycles. The van der Waals surface area contributed by atoms with Crippen LogP contribution in [0.25, 0.3) is 0 Å². The predicted molar refractivity (Wildman–Crippen MR) is 114 cm³/mol. The van der Waals surface area contributed by atoms with E-state index in [-0.39, 0.29) is 24.4 Å². The molecule has 2 saturated heterocycles. The van der Waals surface area contributed by atoms with Gasteiger partial charge in [0.05, 0.1) is 36.1 Å². The molecule has 2 aliphatic heterocycles. The predicted octanol–water partition coefficient (Wildman–Crippen LogP) is 1.78. The van der Waals surface area contributed by atoms with Crippen LogP contribution in [0, 0.1) is 5.92 Å². The lowest BCUT2D eigenvalue weighted by atomic mass is 9.97. The number of hydrogen-bond donors (Lipinski definition) is 3. The number of hydrogen-bond acceptors (Lipinski definition) is 6. The number of nitrogen functional groups attached to an aromatic ring is 1. The molecular formula is C19H30Cl2N4O3. The lowest BCUT2D eigenvalue weighted by Crippen LogP contribution is -2.49. The first-order valence-corrected chi connectivity index (χ1v) is 9.90. The van der Waals surface area contributed by atoms with Gasteiger partial charge in [-0.05, 0) is 37.9 Å². The number of anilines is 1. The Balaban J connectivity index is 0.00000280. The van der Waals surface area contributed by atoms with Crippen molar-refractivity contribution in [3.8, 4) is 5.75 Å². The van der Waals surface area contributed by atoms with E-state index in [1.807, 2.05) is 0 Å². The number of rotatable bonds is 6. The fraction of sp³-hybridized carbons (Fsp3) is 0.632. The minimum atomic E-state index is -0.243. The monoisotopic (exact) mass is 432 g/mol. The molecule has 1 amide bonds. The van der Waals surface area contributed by atoms with Crippen LogP contribution in [0.3, 0.4) is 0 Å². The number of carbonyl (C=O) groups excluding carboxylic acids is 1. The Hall–Kier alpha value is -1.25. The maximum atomic E-state index is 12.6. The molecule has 4 N–H and O–H groups in total. The number of piperidine rings is 1. The zero-order chi connectivity index (χ0) is 19.2. The number of methoxy groups -OCH3 is 1. The Morgan fingerprint density at radius 2 is 2.18 bits per heavy atom. The molecule has 0 radical (unpaired) electrons. The standard InChI is InChI=1S/C19H29ClN4O3.ClH/c1-26-18-9-17(21)16(20)8-15(18)19(25)23-10-14-12-24(6-7-27-14)11-13-2-4-22-5-3-13;/h8-9,13-14,22H,2-7,10-12,21H2,1H3,(H,23,25);1H/t14-;/m0./s1. The Bertz CT molecular complexity index is 656. The Labute approximate surface area is 177 Å². The summed E-state index contributed by atoms with van der Waals surface area (Å²) in [7, 11) is 1.50. The summed E-state index contributed by atoms with van der Waals surface area (Å²) in [4.78, 5) is 15.0. The molecule has 7 nitrogen and oxygen atoms in total. The van der Waals surface area contributed by atoms with Gasteiger partial charge >= 0.3 is 0 Å². The van der Waals surface area contributed by atoms with Crippen LogP contribution in [0.15, 0.2) is 12.1 Å². The number of amides is 1. The van der Waals surface area contributed by atoms with Crippen molar-refractivity contribution >= 4 is 35.6 Å². The lowest BCUT2D eigenvalue weighted by Gasteiger charge is -2.36.